The molecule has 1 N–H and O–H groups in total. The Morgan fingerprint density at radius 1 is 1.36 bits per heavy atom. The highest BCUT2D eigenvalue weighted by molar-refractivity contribution is 7.13. The van der Waals surface area contributed by atoms with E-state index >= 15 is 0 Å². The molecule has 0 saturated heterocycles. The van der Waals surface area contributed by atoms with Gasteiger partial charge in [-0.3, -0.25) is 4.79 Å². The molecule has 1 aromatic carbocycles. The van der Waals surface area contributed by atoms with Gasteiger partial charge in [0, 0.05) is 17.9 Å². The van der Waals surface area contributed by atoms with Crippen LogP contribution >= 0.6 is 11.3 Å². The SMILES string of the molecule is CC(=O)NCc1ccc(-c2csc(-c3cccc(F)c3)n2)o1. The minimum absolute atomic E-state index is 0.111. The summed E-state index contributed by atoms with van der Waals surface area (Å²) in [5.74, 6) is 0.884. The number of carbonyl (C=O) groups excluding carboxylic acids is 1. The average molecular weight is 316 g/mol. The van der Waals surface area contributed by atoms with Crippen LogP contribution in [-0.2, 0) is 11.3 Å². The Morgan fingerprint density at radius 2 is 2.23 bits per heavy atom. The van der Waals surface area contributed by atoms with E-state index in [0.29, 0.717) is 23.8 Å². The summed E-state index contributed by atoms with van der Waals surface area (Å²) in [6.07, 6.45) is 0. The molecule has 0 aliphatic heterocycles. The molecule has 0 atom stereocenters. The van der Waals surface area contributed by atoms with Gasteiger partial charge >= 0.3 is 0 Å². The predicted octanol–water partition coefficient (Wildman–Crippen LogP) is 3.85. The fourth-order valence-electron chi connectivity index (χ4n) is 1.96. The molecule has 0 saturated carbocycles. The molecule has 1 amide bonds. The first-order chi connectivity index (χ1) is 10.6. The highest BCUT2D eigenvalue weighted by atomic mass is 32.1. The number of benzene rings is 1. The molecule has 112 valence electrons. The van der Waals surface area contributed by atoms with Crippen LogP contribution in [0.3, 0.4) is 0 Å². The van der Waals surface area contributed by atoms with Crippen LogP contribution in [0.15, 0.2) is 46.2 Å². The zero-order valence-electron chi connectivity index (χ0n) is 11.8. The molecule has 2 aromatic heterocycles. The van der Waals surface area contributed by atoms with E-state index in [1.807, 2.05) is 17.5 Å². The van der Waals surface area contributed by atoms with E-state index in [-0.39, 0.29) is 11.7 Å². The normalized spacial score (nSPS) is 10.6. The largest absolute Gasteiger partial charge is 0.458 e. The number of hydrogen-bond acceptors (Lipinski definition) is 4. The fraction of sp³-hybridized carbons (Fsp3) is 0.125. The standard InChI is InChI=1S/C16H13FN2O2S/c1-10(20)18-8-13-5-6-15(21-13)14-9-22-16(19-14)11-3-2-4-12(17)7-11/h2-7,9H,8H2,1H3,(H,18,20). The Morgan fingerprint density at radius 3 is 3.00 bits per heavy atom. The number of rotatable bonds is 4. The van der Waals surface area contributed by atoms with Gasteiger partial charge in [-0.1, -0.05) is 12.1 Å². The Labute approximate surface area is 130 Å². The minimum atomic E-state index is -0.287. The summed E-state index contributed by atoms with van der Waals surface area (Å²) in [5, 5.41) is 5.26. The number of amides is 1. The van der Waals surface area contributed by atoms with E-state index in [1.165, 1.54) is 30.4 Å². The molecule has 0 unspecified atom stereocenters. The monoisotopic (exact) mass is 316 g/mol. The first kappa shape index (κ1) is 14.5. The van der Waals surface area contributed by atoms with Gasteiger partial charge in [-0.25, -0.2) is 9.37 Å². The first-order valence-electron chi connectivity index (χ1n) is 6.67. The molecule has 3 rings (SSSR count). The van der Waals surface area contributed by atoms with Crippen molar-refractivity contribution in [3.05, 3.63) is 53.4 Å². The molecule has 0 spiro atoms. The molecule has 22 heavy (non-hydrogen) atoms. The summed E-state index contributed by atoms with van der Waals surface area (Å²) in [6, 6.07) is 9.93. The van der Waals surface area contributed by atoms with Crippen LogP contribution in [0.2, 0.25) is 0 Å². The van der Waals surface area contributed by atoms with E-state index < -0.39 is 0 Å². The van der Waals surface area contributed by atoms with Crippen molar-refractivity contribution in [3.8, 4) is 22.0 Å². The van der Waals surface area contributed by atoms with Gasteiger partial charge in [-0.15, -0.1) is 11.3 Å². The van der Waals surface area contributed by atoms with Crippen LogP contribution < -0.4 is 5.32 Å². The third-order valence-electron chi connectivity index (χ3n) is 3.00. The van der Waals surface area contributed by atoms with Gasteiger partial charge in [0.2, 0.25) is 5.91 Å². The first-order valence-corrected chi connectivity index (χ1v) is 7.55. The van der Waals surface area contributed by atoms with Crippen LogP contribution in [0.1, 0.15) is 12.7 Å². The summed E-state index contributed by atoms with van der Waals surface area (Å²) < 4.78 is 18.9. The molecule has 3 aromatic rings. The molecular weight excluding hydrogens is 303 g/mol. The van der Waals surface area contributed by atoms with Crippen molar-refractivity contribution in [1.29, 1.82) is 0 Å². The Bertz CT molecular complexity index is 810. The lowest BCUT2D eigenvalue weighted by molar-refractivity contribution is -0.119. The van der Waals surface area contributed by atoms with Gasteiger partial charge in [-0.05, 0) is 24.3 Å². The van der Waals surface area contributed by atoms with Crippen molar-refractivity contribution in [2.45, 2.75) is 13.5 Å². The lowest BCUT2D eigenvalue weighted by Crippen LogP contribution is -2.18. The number of furan rings is 1. The van der Waals surface area contributed by atoms with E-state index in [4.69, 9.17) is 4.42 Å². The van der Waals surface area contributed by atoms with Crippen molar-refractivity contribution >= 4 is 17.2 Å². The Hall–Kier alpha value is -2.47. The molecule has 0 aliphatic rings. The molecule has 6 heteroatoms. The summed E-state index contributed by atoms with van der Waals surface area (Å²) in [5.41, 5.74) is 1.43. The molecule has 0 fully saturated rings. The maximum absolute atomic E-state index is 13.3. The zero-order valence-corrected chi connectivity index (χ0v) is 12.6. The Kier molecular flexibility index (Phi) is 4.02. The summed E-state index contributed by atoms with van der Waals surface area (Å²) >= 11 is 1.43. The summed E-state index contributed by atoms with van der Waals surface area (Å²) in [4.78, 5) is 15.4. The van der Waals surface area contributed by atoms with Gasteiger partial charge in [0.1, 0.15) is 22.3 Å². The predicted molar refractivity (Wildman–Crippen MR) is 82.7 cm³/mol. The van der Waals surface area contributed by atoms with Crippen molar-refractivity contribution in [2.24, 2.45) is 0 Å². The average Bonchev–Trinajstić information content (AvgIpc) is 3.14. The van der Waals surface area contributed by atoms with Crippen LogP contribution in [0.25, 0.3) is 22.0 Å². The zero-order chi connectivity index (χ0) is 15.5. The van der Waals surface area contributed by atoms with Gasteiger partial charge in [0.25, 0.3) is 0 Å². The summed E-state index contributed by atoms with van der Waals surface area (Å²) in [6.45, 7) is 1.80. The highest BCUT2D eigenvalue weighted by Gasteiger charge is 2.11. The molecule has 4 nitrogen and oxygen atoms in total. The van der Waals surface area contributed by atoms with Crippen LogP contribution in [0.5, 0.6) is 0 Å². The van der Waals surface area contributed by atoms with Crippen molar-refractivity contribution in [2.75, 3.05) is 0 Å². The maximum Gasteiger partial charge on any atom is 0.217 e. The quantitative estimate of drug-likeness (QED) is 0.795. The molecule has 0 radical (unpaired) electrons. The Balaban J connectivity index is 1.80. The second kappa shape index (κ2) is 6.11. The number of aromatic nitrogens is 1. The molecule has 0 aliphatic carbocycles. The van der Waals surface area contributed by atoms with E-state index in [9.17, 15) is 9.18 Å². The van der Waals surface area contributed by atoms with E-state index in [0.717, 1.165) is 10.6 Å². The third kappa shape index (κ3) is 3.23. The van der Waals surface area contributed by atoms with E-state index in [2.05, 4.69) is 10.3 Å². The number of nitrogens with zero attached hydrogens (tertiary/aromatic N) is 1. The second-order valence-electron chi connectivity index (χ2n) is 4.72. The number of halogens is 1. The lowest BCUT2D eigenvalue weighted by Gasteiger charge is -1.97. The van der Waals surface area contributed by atoms with Crippen LogP contribution in [0.4, 0.5) is 4.39 Å². The lowest BCUT2D eigenvalue weighted by atomic mass is 10.2. The van der Waals surface area contributed by atoms with Gasteiger partial charge in [-0.2, -0.15) is 0 Å². The van der Waals surface area contributed by atoms with Gasteiger partial charge in [0.15, 0.2) is 5.76 Å². The number of thiazole rings is 1. The smallest absolute Gasteiger partial charge is 0.217 e. The topological polar surface area (TPSA) is 55.1 Å². The number of nitrogens with one attached hydrogen (secondary N) is 1. The maximum atomic E-state index is 13.3. The highest BCUT2D eigenvalue weighted by Crippen LogP contribution is 2.30. The van der Waals surface area contributed by atoms with Crippen LogP contribution in [-0.4, -0.2) is 10.9 Å². The van der Waals surface area contributed by atoms with Gasteiger partial charge < -0.3 is 9.73 Å². The number of carbonyl (C=O) groups is 1. The number of hydrogen-bond donors (Lipinski definition) is 1. The van der Waals surface area contributed by atoms with Crippen molar-refractivity contribution in [3.63, 3.8) is 0 Å². The summed E-state index contributed by atoms with van der Waals surface area (Å²) in [7, 11) is 0. The molecule has 2 heterocycles. The van der Waals surface area contributed by atoms with Crippen molar-refractivity contribution in [1.82, 2.24) is 10.3 Å². The van der Waals surface area contributed by atoms with Crippen molar-refractivity contribution < 1.29 is 13.6 Å². The fourth-order valence-corrected chi connectivity index (χ4v) is 2.77. The molecular formula is C16H13FN2O2S. The second-order valence-corrected chi connectivity index (χ2v) is 5.58. The minimum Gasteiger partial charge on any atom is -0.458 e. The van der Waals surface area contributed by atoms with Gasteiger partial charge in [0.05, 0.1) is 6.54 Å². The van der Waals surface area contributed by atoms with E-state index in [1.54, 1.807) is 12.1 Å². The molecule has 0 bridgehead atoms. The third-order valence-corrected chi connectivity index (χ3v) is 3.89. The van der Waals surface area contributed by atoms with Crippen LogP contribution in [0, 0.1) is 5.82 Å².